The fraction of sp³-hybridized carbons (Fsp3) is 0.625. The maximum absolute atomic E-state index is 2.49. The molecule has 0 radical (unpaired) electrons. The van der Waals surface area contributed by atoms with Gasteiger partial charge in [-0.3, -0.25) is 0 Å². The molecule has 0 aliphatic carbocycles. The van der Waals surface area contributed by atoms with Gasteiger partial charge < -0.3 is 0 Å². The molecule has 0 amide bonds. The van der Waals surface area contributed by atoms with Crippen molar-refractivity contribution >= 4 is 0 Å². The summed E-state index contributed by atoms with van der Waals surface area (Å²) in [4.78, 5) is 0. The minimum atomic E-state index is 1.16. The zero-order valence-corrected chi connectivity index (χ0v) is 17.1. The molecule has 26 heavy (non-hydrogen) atoms. The fourth-order valence-corrected chi connectivity index (χ4v) is 3.68. The summed E-state index contributed by atoms with van der Waals surface area (Å²) in [6.45, 7) is 5.73. The van der Waals surface area contributed by atoms with Gasteiger partial charge in [0, 0.05) is 6.42 Å². The van der Waals surface area contributed by atoms with Gasteiger partial charge in [0.2, 0.25) is 0 Å². The van der Waals surface area contributed by atoms with Gasteiger partial charge in [-0.15, -0.1) is 0 Å². The van der Waals surface area contributed by atoms with Gasteiger partial charge in [0.05, 0.1) is 6.54 Å². The highest BCUT2D eigenvalue weighted by Crippen LogP contribution is 2.13. The number of para-hydroxylation sites is 1. The average Bonchev–Trinajstić information content (AvgIpc) is 3.08. The van der Waals surface area contributed by atoms with Gasteiger partial charge in [0.1, 0.15) is 18.1 Å². The monoisotopic (exact) mass is 355 g/mol. The zero-order chi connectivity index (χ0) is 18.5. The van der Waals surface area contributed by atoms with Crippen LogP contribution in [0.15, 0.2) is 42.7 Å². The molecule has 0 aliphatic heterocycles. The van der Waals surface area contributed by atoms with Crippen molar-refractivity contribution in [2.24, 2.45) is 0 Å². The molecule has 1 heterocycles. The number of rotatable bonds is 14. The minimum absolute atomic E-state index is 1.16. The van der Waals surface area contributed by atoms with E-state index in [-0.39, 0.29) is 0 Å². The zero-order valence-electron chi connectivity index (χ0n) is 17.1. The highest BCUT2D eigenvalue weighted by atomic mass is 15.1. The van der Waals surface area contributed by atoms with Crippen molar-refractivity contribution < 1.29 is 4.57 Å². The molecule has 0 aliphatic rings. The van der Waals surface area contributed by atoms with Crippen molar-refractivity contribution in [1.29, 1.82) is 0 Å². The molecule has 2 nitrogen and oxygen atoms in total. The van der Waals surface area contributed by atoms with Crippen molar-refractivity contribution in [2.45, 2.75) is 97.4 Å². The number of benzene rings is 1. The van der Waals surface area contributed by atoms with Crippen molar-refractivity contribution in [2.75, 3.05) is 0 Å². The highest BCUT2D eigenvalue weighted by Gasteiger charge is 2.17. The van der Waals surface area contributed by atoms with Crippen LogP contribution in [0.25, 0.3) is 5.69 Å². The van der Waals surface area contributed by atoms with Crippen LogP contribution in [-0.2, 0) is 13.0 Å². The molecule has 0 atom stereocenters. The van der Waals surface area contributed by atoms with Crippen molar-refractivity contribution in [3.8, 4) is 5.69 Å². The Kier molecular flexibility index (Phi) is 10.2. The van der Waals surface area contributed by atoms with Crippen LogP contribution in [0.4, 0.5) is 0 Å². The number of aromatic nitrogens is 2. The Morgan fingerprint density at radius 1 is 0.731 bits per heavy atom. The Morgan fingerprint density at radius 3 is 2.00 bits per heavy atom. The molecule has 0 bridgehead atoms. The third kappa shape index (κ3) is 6.97. The van der Waals surface area contributed by atoms with Crippen LogP contribution in [0, 0.1) is 0 Å². The van der Waals surface area contributed by atoms with Gasteiger partial charge in [-0.1, -0.05) is 83.4 Å². The molecule has 1 aromatic heterocycles. The van der Waals surface area contributed by atoms with Crippen LogP contribution in [0.5, 0.6) is 0 Å². The van der Waals surface area contributed by atoms with E-state index in [1.165, 1.54) is 82.1 Å². The molecular weight excluding hydrogens is 316 g/mol. The maximum atomic E-state index is 2.49. The van der Waals surface area contributed by atoms with Crippen LogP contribution in [0.2, 0.25) is 0 Å². The summed E-state index contributed by atoms with van der Waals surface area (Å²) in [5, 5.41) is 0. The average molecular weight is 356 g/mol. The van der Waals surface area contributed by atoms with Gasteiger partial charge in [0.25, 0.3) is 5.82 Å². The Morgan fingerprint density at radius 2 is 1.35 bits per heavy atom. The summed E-state index contributed by atoms with van der Waals surface area (Å²) in [6.07, 6.45) is 20.7. The van der Waals surface area contributed by atoms with Crippen molar-refractivity contribution in [1.82, 2.24) is 4.57 Å². The second kappa shape index (κ2) is 12.7. The Labute approximate surface area is 161 Å². The molecule has 1 aromatic carbocycles. The third-order valence-corrected chi connectivity index (χ3v) is 5.30. The van der Waals surface area contributed by atoms with E-state index >= 15 is 0 Å². The Hall–Kier alpha value is -1.57. The van der Waals surface area contributed by atoms with E-state index in [4.69, 9.17) is 0 Å². The van der Waals surface area contributed by atoms with Crippen LogP contribution in [-0.4, -0.2) is 4.57 Å². The summed E-state index contributed by atoms with van der Waals surface area (Å²) in [5.74, 6) is 1.46. The lowest BCUT2D eigenvalue weighted by molar-refractivity contribution is -0.704. The highest BCUT2D eigenvalue weighted by molar-refractivity contribution is 5.31. The van der Waals surface area contributed by atoms with E-state index < -0.39 is 0 Å². The molecule has 0 fully saturated rings. The Bertz CT molecular complexity index is 586. The number of unbranched alkanes of at least 4 members (excludes halogenated alkanes) is 9. The van der Waals surface area contributed by atoms with Crippen molar-refractivity contribution in [3.05, 3.63) is 48.5 Å². The predicted molar refractivity (Wildman–Crippen MR) is 112 cm³/mol. The van der Waals surface area contributed by atoms with Crippen molar-refractivity contribution in [3.63, 3.8) is 0 Å². The minimum Gasteiger partial charge on any atom is -0.234 e. The van der Waals surface area contributed by atoms with E-state index in [0.29, 0.717) is 0 Å². The smallest absolute Gasteiger partial charge is 0.234 e. The molecule has 0 saturated heterocycles. The predicted octanol–water partition coefficient (Wildman–Crippen LogP) is 6.64. The van der Waals surface area contributed by atoms with Gasteiger partial charge in [-0.25, -0.2) is 4.57 Å². The summed E-state index contributed by atoms with van der Waals surface area (Å²) >= 11 is 0. The first-order valence-corrected chi connectivity index (χ1v) is 11.0. The van der Waals surface area contributed by atoms with E-state index in [2.05, 4.69) is 65.7 Å². The molecule has 2 heteroatoms. The van der Waals surface area contributed by atoms with Crippen LogP contribution in [0.1, 0.15) is 90.3 Å². The van der Waals surface area contributed by atoms with Gasteiger partial charge in [-0.2, -0.15) is 4.57 Å². The Balaban J connectivity index is 1.80. The summed E-state index contributed by atoms with van der Waals surface area (Å²) in [7, 11) is 0. The second-order valence-electron chi connectivity index (χ2n) is 7.55. The van der Waals surface area contributed by atoms with E-state index in [1.54, 1.807) is 0 Å². The standard InChI is InChI=1S/C24H39N2/c1-3-5-7-8-9-10-11-12-16-20-25-21-22-26(24(25)19-6-4-2)23-17-14-13-15-18-23/h13-15,17-18,21-22H,3-12,16,19-20H2,1-2H3/q+1. The van der Waals surface area contributed by atoms with Crippen LogP contribution < -0.4 is 4.57 Å². The number of nitrogens with zero attached hydrogens (tertiary/aromatic N) is 2. The lowest BCUT2D eigenvalue weighted by Crippen LogP contribution is -2.37. The van der Waals surface area contributed by atoms with Gasteiger partial charge in [0.15, 0.2) is 0 Å². The summed E-state index contributed by atoms with van der Waals surface area (Å²) < 4.78 is 4.87. The first-order valence-electron chi connectivity index (χ1n) is 11.0. The topological polar surface area (TPSA) is 8.81 Å². The van der Waals surface area contributed by atoms with Crippen LogP contribution >= 0.6 is 0 Å². The number of imidazole rings is 1. The number of hydrogen-bond acceptors (Lipinski definition) is 0. The SMILES string of the molecule is CCCCCCCCCCC[n+]1ccn(-c2ccccc2)c1CCCC. The number of aryl methyl sites for hydroxylation is 1. The molecular formula is C24H39N2+. The molecule has 0 saturated carbocycles. The molecule has 2 aromatic rings. The fourth-order valence-electron chi connectivity index (χ4n) is 3.68. The summed E-state index contributed by atoms with van der Waals surface area (Å²) in [5.41, 5.74) is 1.28. The first kappa shape index (κ1) is 20.7. The molecule has 0 spiro atoms. The van der Waals surface area contributed by atoms with Gasteiger partial charge >= 0.3 is 0 Å². The normalized spacial score (nSPS) is 11.2. The van der Waals surface area contributed by atoms with Gasteiger partial charge in [-0.05, 0) is 31.4 Å². The van der Waals surface area contributed by atoms with E-state index in [0.717, 1.165) is 13.0 Å². The largest absolute Gasteiger partial charge is 0.261 e. The second-order valence-corrected chi connectivity index (χ2v) is 7.55. The molecule has 0 N–H and O–H groups in total. The molecule has 144 valence electrons. The molecule has 2 rings (SSSR count). The van der Waals surface area contributed by atoms with E-state index in [9.17, 15) is 0 Å². The van der Waals surface area contributed by atoms with Crippen LogP contribution in [0.3, 0.4) is 0 Å². The molecule has 0 unspecified atom stereocenters. The third-order valence-electron chi connectivity index (χ3n) is 5.30. The lowest BCUT2D eigenvalue weighted by atomic mass is 10.1. The first-order chi connectivity index (χ1) is 12.9. The quantitative estimate of drug-likeness (QED) is 0.265. The lowest BCUT2D eigenvalue weighted by Gasteiger charge is -2.05. The summed E-state index contributed by atoms with van der Waals surface area (Å²) in [6, 6.07) is 10.8. The van der Waals surface area contributed by atoms with E-state index in [1.807, 2.05) is 0 Å². The number of hydrogen-bond donors (Lipinski definition) is 0. The maximum Gasteiger partial charge on any atom is 0.261 e.